The number of aliphatic hydroxyl groups is 1. The van der Waals surface area contributed by atoms with Crippen LogP contribution in [0.3, 0.4) is 0 Å². The molecule has 0 spiro atoms. The molecular weight excluding hydrogens is 259 g/mol. The topological polar surface area (TPSA) is 65.1 Å². The number of rotatable bonds is 5. The average Bonchev–Trinajstić information content (AvgIpc) is 2.90. The summed E-state index contributed by atoms with van der Waals surface area (Å²) in [6.07, 6.45) is 1.98. The van der Waals surface area contributed by atoms with Gasteiger partial charge < -0.3 is 15.4 Å². The van der Waals surface area contributed by atoms with Crippen LogP contribution in [0.1, 0.15) is 18.2 Å². The van der Waals surface area contributed by atoms with Gasteiger partial charge in [-0.3, -0.25) is 4.79 Å². The molecular formula is C15H17FN2O2. The lowest BCUT2D eigenvalue weighted by molar-refractivity contribution is -0.121. The van der Waals surface area contributed by atoms with E-state index >= 15 is 0 Å². The van der Waals surface area contributed by atoms with Crippen LogP contribution in [-0.2, 0) is 16.8 Å². The summed E-state index contributed by atoms with van der Waals surface area (Å²) in [7, 11) is 0. The standard InChI is InChI=1S/C15H17FN2O2/c1-15(20,11-4-6-12(16)7-5-11)10-18-14(19)9-13-3-2-8-17-13/h2-8,17,20H,9-10H2,1H3,(H,18,19). The van der Waals surface area contributed by atoms with Gasteiger partial charge in [-0.1, -0.05) is 12.1 Å². The van der Waals surface area contributed by atoms with Crippen LogP contribution in [0, 0.1) is 5.82 Å². The summed E-state index contributed by atoms with van der Waals surface area (Å²) in [5.74, 6) is -0.546. The molecule has 1 atom stereocenters. The van der Waals surface area contributed by atoms with Crippen LogP contribution in [-0.4, -0.2) is 22.5 Å². The molecule has 2 rings (SSSR count). The highest BCUT2D eigenvalue weighted by Gasteiger charge is 2.23. The number of hydrogen-bond acceptors (Lipinski definition) is 2. The SMILES string of the molecule is CC(O)(CNC(=O)Cc1ccc[nH]1)c1ccc(F)cc1. The third kappa shape index (κ3) is 3.68. The average molecular weight is 276 g/mol. The number of aromatic amines is 1. The number of halogens is 1. The number of aromatic nitrogens is 1. The van der Waals surface area contributed by atoms with Crippen LogP contribution >= 0.6 is 0 Å². The Labute approximate surface area is 116 Å². The summed E-state index contributed by atoms with van der Waals surface area (Å²) in [5, 5.41) is 13.0. The van der Waals surface area contributed by atoms with E-state index in [1.807, 2.05) is 12.1 Å². The van der Waals surface area contributed by atoms with Gasteiger partial charge in [0, 0.05) is 11.9 Å². The number of amides is 1. The number of carbonyl (C=O) groups is 1. The van der Waals surface area contributed by atoms with Gasteiger partial charge >= 0.3 is 0 Å². The highest BCUT2D eigenvalue weighted by Crippen LogP contribution is 2.19. The van der Waals surface area contributed by atoms with Crippen molar-refractivity contribution < 1.29 is 14.3 Å². The predicted molar refractivity (Wildman–Crippen MR) is 73.5 cm³/mol. The van der Waals surface area contributed by atoms with Crippen LogP contribution in [0.4, 0.5) is 4.39 Å². The lowest BCUT2D eigenvalue weighted by atomic mass is 9.96. The lowest BCUT2D eigenvalue weighted by Crippen LogP contribution is -2.39. The number of H-pyrrole nitrogens is 1. The maximum atomic E-state index is 12.8. The van der Waals surface area contributed by atoms with Gasteiger partial charge in [-0.2, -0.15) is 0 Å². The third-order valence-electron chi connectivity index (χ3n) is 3.11. The zero-order valence-corrected chi connectivity index (χ0v) is 11.2. The first kappa shape index (κ1) is 14.3. The van der Waals surface area contributed by atoms with E-state index in [1.54, 1.807) is 13.1 Å². The maximum Gasteiger partial charge on any atom is 0.226 e. The second-order valence-electron chi connectivity index (χ2n) is 4.93. The molecule has 1 amide bonds. The first-order valence-electron chi connectivity index (χ1n) is 6.35. The third-order valence-corrected chi connectivity index (χ3v) is 3.11. The van der Waals surface area contributed by atoms with Crippen LogP contribution in [0.5, 0.6) is 0 Å². The molecule has 1 aromatic heterocycles. The normalized spacial score (nSPS) is 13.8. The molecule has 0 fully saturated rings. The molecule has 0 aliphatic rings. The van der Waals surface area contributed by atoms with Gasteiger partial charge in [0.1, 0.15) is 11.4 Å². The fraction of sp³-hybridized carbons (Fsp3) is 0.267. The predicted octanol–water partition coefficient (Wildman–Crippen LogP) is 1.72. The van der Waals surface area contributed by atoms with E-state index in [-0.39, 0.29) is 24.7 Å². The van der Waals surface area contributed by atoms with Crippen molar-refractivity contribution in [3.63, 3.8) is 0 Å². The Morgan fingerprint density at radius 2 is 2.05 bits per heavy atom. The molecule has 4 nitrogen and oxygen atoms in total. The summed E-state index contributed by atoms with van der Waals surface area (Å²) >= 11 is 0. The summed E-state index contributed by atoms with van der Waals surface area (Å²) in [5.41, 5.74) is 0.127. The van der Waals surface area contributed by atoms with Gasteiger partial charge in [0.15, 0.2) is 0 Å². The van der Waals surface area contributed by atoms with E-state index in [0.717, 1.165) is 5.69 Å². The molecule has 0 bridgehead atoms. The first-order valence-corrected chi connectivity index (χ1v) is 6.35. The van der Waals surface area contributed by atoms with Crippen LogP contribution in [0.15, 0.2) is 42.6 Å². The molecule has 0 saturated carbocycles. The van der Waals surface area contributed by atoms with Crippen molar-refractivity contribution in [3.8, 4) is 0 Å². The van der Waals surface area contributed by atoms with Crippen LogP contribution in [0.25, 0.3) is 0 Å². The van der Waals surface area contributed by atoms with Gasteiger partial charge in [0.25, 0.3) is 0 Å². The van der Waals surface area contributed by atoms with Crippen LogP contribution in [0.2, 0.25) is 0 Å². The molecule has 3 N–H and O–H groups in total. The van der Waals surface area contributed by atoms with Gasteiger partial charge in [-0.15, -0.1) is 0 Å². The number of benzene rings is 1. The molecule has 5 heteroatoms. The van der Waals surface area contributed by atoms with E-state index in [2.05, 4.69) is 10.3 Å². The lowest BCUT2D eigenvalue weighted by Gasteiger charge is -2.24. The quantitative estimate of drug-likeness (QED) is 0.778. The zero-order valence-electron chi connectivity index (χ0n) is 11.2. The minimum Gasteiger partial charge on any atom is -0.384 e. The Hall–Kier alpha value is -2.14. The van der Waals surface area contributed by atoms with Crippen molar-refractivity contribution in [2.24, 2.45) is 0 Å². The number of carbonyl (C=O) groups excluding carboxylic acids is 1. The highest BCUT2D eigenvalue weighted by atomic mass is 19.1. The van der Waals surface area contributed by atoms with Gasteiger partial charge in [-0.25, -0.2) is 4.39 Å². The van der Waals surface area contributed by atoms with E-state index in [1.165, 1.54) is 24.3 Å². The molecule has 20 heavy (non-hydrogen) atoms. The first-order chi connectivity index (χ1) is 9.47. The fourth-order valence-corrected chi connectivity index (χ4v) is 1.89. The minimum absolute atomic E-state index is 0.0676. The molecule has 0 aliphatic heterocycles. The van der Waals surface area contributed by atoms with E-state index in [0.29, 0.717) is 5.56 Å². The summed E-state index contributed by atoms with van der Waals surface area (Å²) < 4.78 is 12.8. The Bertz CT molecular complexity index is 562. The van der Waals surface area contributed by atoms with Gasteiger partial charge in [0.05, 0.1) is 13.0 Å². The second-order valence-corrected chi connectivity index (χ2v) is 4.93. The van der Waals surface area contributed by atoms with E-state index in [4.69, 9.17) is 0 Å². The minimum atomic E-state index is -1.24. The molecule has 2 aromatic rings. The number of hydrogen-bond donors (Lipinski definition) is 3. The molecule has 1 unspecified atom stereocenters. The van der Waals surface area contributed by atoms with Crippen molar-refractivity contribution in [1.82, 2.24) is 10.3 Å². The zero-order chi connectivity index (χ0) is 14.6. The Morgan fingerprint density at radius 1 is 1.35 bits per heavy atom. The monoisotopic (exact) mass is 276 g/mol. The Kier molecular flexibility index (Phi) is 4.20. The van der Waals surface area contributed by atoms with Gasteiger partial charge in [-0.05, 0) is 36.8 Å². The molecule has 0 aliphatic carbocycles. The van der Waals surface area contributed by atoms with Crippen LogP contribution < -0.4 is 5.32 Å². The van der Waals surface area contributed by atoms with Crippen molar-refractivity contribution in [2.75, 3.05) is 6.54 Å². The summed E-state index contributed by atoms with van der Waals surface area (Å²) in [6.45, 7) is 1.65. The highest BCUT2D eigenvalue weighted by molar-refractivity contribution is 5.78. The second kappa shape index (κ2) is 5.88. The van der Waals surface area contributed by atoms with E-state index in [9.17, 15) is 14.3 Å². The molecule has 106 valence electrons. The molecule has 1 heterocycles. The molecule has 1 aromatic carbocycles. The number of nitrogens with one attached hydrogen (secondary N) is 2. The van der Waals surface area contributed by atoms with Crippen molar-refractivity contribution >= 4 is 5.91 Å². The molecule has 0 radical (unpaired) electrons. The molecule has 0 saturated heterocycles. The smallest absolute Gasteiger partial charge is 0.226 e. The summed E-state index contributed by atoms with van der Waals surface area (Å²) in [4.78, 5) is 14.7. The van der Waals surface area contributed by atoms with Crippen molar-refractivity contribution in [2.45, 2.75) is 18.9 Å². The summed E-state index contributed by atoms with van der Waals surface area (Å²) in [6, 6.07) is 9.21. The maximum absolute atomic E-state index is 12.8. The van der Waals surface area contributed by atoms with Crippen molar-refractivity contribution in [1.29, 1.82) is 0 Å². The largest absolute Gasteiger partial charge is 0.384 e. The van der Waals surface area contributed by atoms with Crippen molar-refractivity contribution in [3.05, 3.63) is 59.7 Å². The Morgan fingerprint density at radius 3 is 2.65 bits per heavy atom. The van der Waals surface area contributed by atoms with E-state index < -0.39 is 5.60 Å². The Balaban J connectivity index is 1.91. The van der Waals surface area contributed by atoms with Gasteiger partial charge in [0.2, 0.25) is 5.91 Å². The fourth-order valence-electron chi connectivity index (χ4n) is 1.89.